The molecule has 20 heavy (non-hydrogen) atoms. The number of esters is 2. The molecule has 0 aliphatic carbocycles. The first-order valence-corrected chi connectivity index (χ1v) is 7.06. The third-order valence-corrected chi connectivity index (χ3v) is 3.09. The van der Waals surface area contributed by atoms with E-state index in [-0.39, 0.29) is 6.42 Å². The van der Waals surface area contributed by atoms with Gasteiger partial charge in [-0.15, -0.1) is 16.7 Å². The van der Waals surface area contributed by atoms with E-state index in [1.165, 1.54) is 6.92 Å². The van der Waals surface area contributed by atoms with E-state index in [1.807, 2.05) is 30.5 Å². The minimum Gasteiger partial charge on any atom is -0.454 e. The minimum atomic E-state index is -1.13. The molecule has 108 valence electrons. The maximum atomic E-state index is 11.3. The molecule has 1 unspecified atom stereocenters. The van der Waals surface area contributed by atoms with Gasteiger partial charge in [0.1, 0.15) is 0 Å². The molecule has 0 N–H and O–H groups in total. The van der Waals surface area contributed by atoms with Crippen LogP contribution in [0.2, 0.25) is 0 Å². The van der Waals surface area contributed by atoms with E-state index in [4.69, 9.17) is 4.74 Å². The van der Waals surface area contributed by atoms with Gasteiger partial charge in [0, 0.05) is 18.2 Å². The Kier molecular flexibility index (Phi) is 6.72. The Morgan fingerprint density at radius 2 is 1.95 bits per heavy atom. The molecule has 1 rings (SSSR count). The summed E-state index contributed by atoms with van der Waals surface area (Å²) in [5.41, 5.74) is 0.827. The lowest BCUT2D eigenvalue weighted by Crippen LogP contribution is -2.22. The molecule has 0 bridgehead atoms. The van der Waals surface area contributed by atoms with Crippen LogP contribution in [0.5, 0.6) is 0 Å². The second kappa shape index (κ2) is 8.31. The number of hydrogen-bond donors (Lipinski definition) is 0. The van der Waals surface area contributed by atoms with Crippen LogP contribution < -0.4 is 0 Å². The highest BCUT2D eigenvalue weighted by Crippen LogP contribution is 2.16. The van der Waals surface area contributed by atoms with Crippen molar-refractivity contribution < 1.29 is 19.1 Å². The van der Waals surface area contributed by atoms with Crippen molar-refractivity contribution in [1.29, 1.82) is 0 Å². The molecule has 1 aromatic rings. The lowest BCUT2D eigenvalue weighted by molar-refractivity contribution is -0.161. The van der Waals surface area contributed by atoms with Crippen molar-refractivity contribution in [1.82, 2.24) is 0 Å². The van der Waals surface area contributed by atoms with E-state index in [2.05, 4.69) is 9.91 Å². The number of benzene rings is 1. The molecular formula is C13H15NO5S. The molecule has 0 saturated heterocycles. The molecule has 0 aromatic heterocycles. The van der Waals surface area contributed by atoms with E-state index < -0.39 is 24.8 Å². The van der Waals surface area contributed by atoms with Gasteiger partial charge < -0.3 is 9.47 Å². The lowest BCUT2D eigenvalue weighted by atomic mass is 10.1. The van der Waals surface area contributed by atoms with Crippen LogP contribution in [0, 0.1) is 4.91 Å². The fraction of sp³-hybridized carbons (Fsp3) is 0.385. The van der Waals surface area contributed by atoms with Crippen LogP contribution in [0.15, 0.2) is 34.3 Å². The molecule has 7 heteroatoms. The summed E-state index contributed by atoms with van der Waals surface area (Å²) >= 11 is 1.60. The highest BCUT2D eigenvalue weighted by Gasteiger charge is 2.16. The molecule has 0 aliphatic rings. The normalized spacial score (nSPS) is 11.5. The number of nitrogens with zero attached hydrogens (tertiary/aromatic N) is 1. The van der Waals surface area contributed by atoms with Gasteiger partial charge in [0.05, 0.1) is 0 Å². The topological polar surface area (TPSA) is 82.0 Å². The molecule has 0 aliphatic heterocycles. The number of hydrogen-bond acceptors (Lipinski definition) is 7. The fourth-order valence-electron chi connectivity index (χ4n) is 1.41. The van der Waals surface area contributed by atoms with Crippen LogP contribution >= 0.6 is 11.8 Å². The van der Waals surface area contributed by atoms with Gasteiger partial charge in [0.2, 0.25) is 6.23 Å². The standard InChI is InChI=1S/C13H15NO5S/c1-9(15)18-8-13(16)19-12(14-17)7-10-3-5-11(20-2)6-4-10/h3-6,12H,7-8H2,1-2H3. The number of ether oxygens (including phenoxy) is 2. The summed E-state index contributed by atoms with van der Waals surface area (Å²) in [6.07, 6.45) is 1.02. The largest absolute Gasteiger partial charge is 0.454 e. The van der Waals surface area contributed by atoms with Gasteiger partial charge in [-0.2, -0.15) is 0 Å². The Morgan fingerprint density at radius 1 is 1.30 bits per heavy atom. The summed E-state index contributed by atoms with van der Waals surface area (Å²) in [4.78, 5) is 33.6. The predicted molar refractivity (Wildman–Crippen MR) is 74.2 cm³/mol. The maximum absolute atomic E-state index is 11.3. The van der Waals surface area contributed by atoms with Crippen molar-refractivity contribution in [3.8, 4) is 0 Å². The van der Waals surface area contributed by atoms with Crippen LogP contribution in [0.3, 0.4) is 0 Å². The Labute approximate surface area is 120 Å². The summed E-state index contributed by atoms with van der Waals surface area (Å²) in [6, 6.07) is 7.49. The van der Waals surface area contributed by atoms with Crippen molar-refractivity contribution >= 4 is 23.7 Å². The molecule has 0 heterocycles. The zero-order chi connectivity index (χ0) is 15.0. The smallest absolute Gasteiger partial charge is 0.346 e. The van der Waals surface area contributed by atoms with Crippen LogP contribution in [0.1, 0.15) is 12.5 Å². The Bertz CT molecular complexity index is 474. The number of thioether (sulfide) groups is 1. The third-order valence-electron chi connectivity index (χ3n) is 2.35. The van der Waals surface area contributed by atoms with E-state index in [1.54, 1.807) is 11.8 Å². The maximum Gasteiger partial charge on any atom is 0.346 e. The number of rotatable bonds is 7. The van der Waals surface area contributed by atoms with Gasteiger partial charge in [0.25, 0.3) is 0 Å². The summed E-state index contributed by atoms with van der Waals surface area (Å²) in [6.45, 7) is 0.656. The number of carbonyl (C=O) groups excluding carboxylic acids is 2. The monoisotopic (exact) mass is 297 g/mol. The fourth-order valence-corrected chi connectivity index (χ4v) is 1.82. The summed E-state index contributed by atoms with van der Waals surface area (Å²) in [7, 11) is 0. The van der Waals surface area contributed by atoms with Crippen LogP contribution in [0.4, 0.5) is 0 Å². The molecule has 0 radical (unpaired) electrons. The average Bonchev–Trinajstić information content (AvgIpc) is 2.45. The van der Waals surface area contributed by atoms with Gasteiger partial charge in [0.15, 0.2) is 6.61 Å². The highest BCUT2D eigenvalue weighted by molar-refractivity contribution is 7.98. The van der Waals surface area contributed by atoms with Crippen molar-refractivity contribution in [3.05, 3.63) is 34.7 Å². The van der Waals surface area contributed by atoms with Crippen molar-refractivity contribution in [2.45, 2.75) is 24.5 Å². The van der Waals surface area contributed by atoms with Gasteiger partial charge in [-0.25, -0.2) is 4.79 Å². The van der Waals surface area contributed by atoms with Crippen LogP contribution in [-0.2, 0) is 25.5 Å². The first-order valence-electron chi connectivity index (χ1n) is 5.83. The Morgan fingerprint density at radius 3 is 2.45 bits per heavy atom. The number of carbonyl (C=O) groups is 2. The molecule has 1 atom stereocenters. The second-order valence-corrected chi connectivity index (χ2v) is 4.76. The van der Waals surface area contributed by atoms with Crippen molar-refractivity contribution in [3.63, 3.8) is 0 Å². The van der Waals surface area contributed by atoms with Crippen molar-refractivity contribution in [2.24, 2.45) is 5.18 Å². The molecule has 1 aromatic carbocycles. The predicted octanol–water partition coefficient (Wildman–Crippen LogP) is 2.15. The SMILES string of the molecule is CSc1ccc(CC(N=O)OC(=O)COC(C)=O)cc1. The van der Waals surface area contributed by atoms with E-state index in [0.717, 1.165) is 10.5 Å². The van der Waals surface area contributed by atoms with Crippen LogP contribution in [0.25, 0.3) is 0 Å². The minimum absolute atomic E-state index is 0.184. The second-order valence-electron chi connectivity index (χ2n) is 3.88. The van der Waals surface area contributed by atoms with E-state index in [0.29, 0.717) is 0 Å². The first-order chi connectivity index (χ1) is 9.55. The molecule has 0 fully saturated rings. The highest BCUT2D eigenvalue weighted by atomic mass is 32.2. The Balaban J connectivity index is 2.51. The molecule has 0 spiro atoms. The molecule has 6 nitrogen and oxygen atoms in total. The van der Waals surface area contributed by atoms with Crippen LogP contribution in [-0.4, -0.2) is 31.0 Å². The van der Waals surface area contributed by atoms with Crippen molar-refractivity contribution in [2.75, 3.05) is 12.9 Å². The molecular weight excluding hydrogens is 282 g/mol. The average molecular weight is 297 g/mol. The molecule has 0 saturated carbocycles. The van der Waals surface area contributed by atoms with E-state index in [9.17, 15) is 14.5 Å². The first kappa shape index (κ1) is 16.2. The van der Waals surface area contributed by atoms with Gasteiger partial charge in [-0.1, -0.05) is 12.1 Å². The zero-order valence-electron chi connectivity index (χ0n) is 11.2. The summed E-state index contributed by atoms with van der Waals surface area (Å²) in [5.74, 6) is -1.39. The van der Waals surface area contributed by atoms with Gasteiger partial charge in [-0.05, 0) is 29.1 Å². The summed E-state index contributed by atoms with van der Waals surface area (Å²) in [5, 5.41) is 2.75. The zero-order valence-corrected chi connectivity index (χ0v) is 12.0. The van der Waals surface area contributed by atoms with Gasteiger partial charge in [-0.3, -0.25) is 4.79 Å². The summed E-state index contributed by atoms with van der Waals surface area (Å²) < 4.78 is 9.28. The quantitative estimate of drug-likeness (QED) is 0.436. The number of nitroso groups, excluding NO2 is 1. The molecule has 0 amide bonds. The third kappa shape index (κ3) is 5.83. The lowest BCUT2D eigenvalue weighted by Gasteiger charge is -2.11. The Hall–Kier alpha value is -1.89. The van der Waals surface area contributed by atoms with Gasteiger partial charge >= 0.3 is 11.9 Å². The van der Waals surface area contributed by atoms with E-state index >= 15 is 0 Å².